The number of carbonyl (C=O) groups excluding carboxylic acids is 1. The first-order chi connectivity index (χ1) is 8.94. The minimum absolute atomic E-state index is 0.0733. The highest BCUT2D eigenvalue weighted by Gasteiger charge is 2.83. The fourth-order valence-corrected chi connectivity index (χ4v) is 3.95. The third-order valence-electron chi connectivity index (χ3n) is 5.04. The van der Waals surface area contributed by atoms with Crippen molar-refractivity contribution in [3.05, 3.63) is 0 Å². The Kier molecular flexibility index (Phi) is 2.73. The quantitative estimate of drug-likeness (QED) is 0.733. The summed E-state index contributed by atoms with van der Waals surface area (Å²) < 4.78 is 20.0. The lowest BCUT2D eigenvalue weighted by molar-refractivity contribution is -0.149. The Labute approximate surface area is 110 Å². The lowest BCUT2D eigenvalue weighted by Crippen LogP contribution is -2.56. The van der Waals surface area contributed by atoms with Crippen LogP contribution >= 0.6 is 0 Å². The summed E-state index contributed by atoms with van der Waals surface area (Å²) in [6.07, 6.45) is 4.27. The molecule has 106 valence electrons. The SMILES string of the molecule is N[C@]1(C=O)[C@H]2[C@@H](C[C@H]1OC1CCCC1)[C@]2(F)C(=O)O. The number of carboxylic acids is 1. The molecule has 0 aliphatic heterocycles. The summed E-state index contributed by atoms with van der Waals surface area (Å²) in [5.41, 5.74) is 2.14. The molecule has 0 aromatic rings. The smallest absolute Gasteiger partial charge is 0.342 e. The van der Waals surface area contributed by atoms with Crippen molar-refractivity contribution >= 4 is 12.3 Å². The number of hydrogen-bond donors (Lipinski definition) is 2. The van der Waals surface area contributed by atoms with Gasteiger partial charge < -0.3 is 20.4 Å². The highest BCUT2D eigenvalue weighted by molar-refractivity contribution is 5.87. The van der Waals surface area contributed by atoms with Crippen molar-refractivity contribution in [2.24, 2.45) is 17.6 Å². The second kappa shape index (κ2) is 3.99. The Morgan fingerprint density at radius 1 is 1.42 bits per heavy atom. The molecule has 0 bridgehead atoms. The van der Waals surface area contributed by atoms with Crippen LogP contribution in [0.3, 0.4) is 0 Å². The number of carboxylic acid groups (broad SMARTS) is 1. The molecule has 5 atom stereocenters. The average molecular weight is 271 g/mol. The van der Waals surface area contributed by atoms with Crippen LogP contribution in [0.1, 0.15) is 32.1 Å². The second-order valence-electron chi connectivity index (χ2n) is 6.04. The zero-order valence-corrected chi connectivity index (χ0v) is 10.5. The van der Waals surface area contributed by atoms with E-state index < -0.39 is 35.1 Å². The van der Waals surface area contributed by atoms with Crippen molar-refractivity contribution in [2.45, 2.75) is 55.5 Å². The van der Waals surface area contributed by atoms with E-state index in [-0.39, 0.29) is 12.5 Å². The number of halogens is 1. The Morgan fingerprint density at radius 3 is 2.58 bits per heavy atom. The van der Waals surface area contributed by atoms with Crippen LogP contribution in [0.15, 0.2) is 0 Å². The van der Waals surface area contributed by atoms with Gasteiger partial charge in [-0.1, -0.05) is 12.8 Å². The van der Waals surface area contributed by atoms with Gasteiger partial charge in [0, 0.05) is 11.8 Å². The van der Waals surface area contributed by atoms with Gasteiger partial charge in [0.05, 0.1) is 12.2 Å². The molecule has 0 radical (unpaired) electrons. The number of rotatable bonds is 4. The minimum Gasteiger partial charge on any atom is -0.479 e. The van der Waals surface area contributed by atoms with Gasteiger partial charge in [-0.15, -0.1) is 0 Å². The normalized spacial score (nSPS) is 49.1. The Balaban J connectivity index is 1.76. The van der Waals surface area contributed by atoms with Gasteiger partial charge in [-0.25, -0.2) is 9.18 Å². The molecule has 0 aromatic carbocycles. The van der Waals surface area contributed by atoms with E-state index in [2.05, 4.69) is 0 Å². The number of nitrogens with two attached hydrogens (primary N) is 1. The summed E-state index contributed by atoms with van der Waals surface area (Å²) in [7, 11) is 0. The minimum atomic E-state index is -2.34. The molecule has 3 aliphatic rings. The molecule has 0 unspecified atom stereocenters. The van der Waals surface area contributed by atoms with Crippen molar-refractivity contribution < 1.29 is 23.8 Å². The summed E-state index contributed by atoms with van der Waals surface area (Å²) >= 11 is 0. The number of hydrogen-bond acceptors (Lipinski definition) is 4. The van der Waals surface area contributed by atoms with Crippen molar-refractivity contribution in [2.75, 3.05) is 0 Å². The lowest BCUT2D eigenvalue weighted by Gasteiger charge is -2.32. The predicted octanol–water partition coefficient (Wildman–Crippen LogP) is 0.653. The number of alkyl halides is 1. The molecule has 0 heterocycles. The van der Waals surface area contributed by atoms with Crippen molar-refractivity contribution in [1.29, 1.82) is 0 Å². The zero-order chi connectivity index (χ0) is 13.8. The van der Waals surface area contributed by atoms with Gasteiger partial charge in [-0.2, -0.15) is 0 Å². The first kappa shape index (κ1) is 13.0. The van der Waals surface area contributed by atoms with Crippen LogP contribution in [0.4, 0.5) is 4.39 Å². The maximum atomic E-state index is 14.2. The standard InChI is InChI=1S/C13H18FNO4/c14-13(11(17)18)8-5-9(12(15,6-16)10(8)13)19-7-3-1-2-4-7/h6-10H,1-5,15H2,(H,17,18)/t8-,9-,10-,12+,13-/m1/s1. The van der Waals surface area contributed by atoms with E-state index in [1.807, 2.05) is 0 Å². The fraction of sp³-hybridized carbons (Fsp3) is 0.846. The summed E-state index contributed by atoms with van der Waals surface area (Å²) in [6.45, 7) is 0. The second-order valence-corrected chi connectivity index (χ2v) is 6.04. The molecule has 19 heavy (non-hydrogen) atoms. The first-order valence-corrected chi connectivity index (χ1v) is 6.77. The summed E-state index contributed by atoms with van der Waals surface area (Å²) in [5.74, 6) is -3.15. The van der Waals surface area contributed by atoms with Crippen LogP contribution in [-0.2, 0) is 14.3 Å². The molecule has 0 spiro atoms. The largest absolute Gasteiger partial charge is 0.479 e. The molecule has 0 amide bonds. The number of aldehydes is 1. The summed E-state index contributed by atoms with van der Waals surface area (Å²) in [6, 6.07) is 0. The number of fused-ring (bicyclic) bond motifs is 1. The van der Waals surface area contributed by atoms with E-state index >= 15 is 0 Å². The molecule has 5 nitrogen and oxygen atoms in total. The molecule has 3 saturated carbocycles. The van der Waals surface area contributed by atoms with Gasteiger partial charge in [0.15, 0.2) is 0 Å². The molecule has 3 N–H and O–H groups in total. The van der Waals surface area contributed by atoms with Crippen LogP contribution < -0.4 is 5.73 Å². The summed E-state index contributed by atoms with van der Waals surface area (Å²) in [5, 5.41) is 8.93. The number of ether oxygens (including phenoxy) is 1. The maximum absolute atomic E-state index is 14.2. The van der Waals surface area contributed by atoms with Gasteiger partial charge in [0.2, 0.25) is 5.67 Å². The van der Waals surface area contributed by atoms with Crippen molar-refractivity contribution in [1.82, 2.24) is 0 Å². The maximum Gasteiger partial charge on any atom is 0.342 e. The molecule has 3 aliphatic carbocycles. The third kappa shape index (κ3) is 1.59. The van der Waals surface area contributed by atoms with Gasteiger partial charge >= 0.3 is 5.97 Å². The molecule has 3 rings (SSSR count). The van der Waals surface area contributed by atoms with Gasteiger partial charge in [0.25, 0.3) is 0 Å². The Morgan fingerprint density at radius 2 is 2.05 bits per heavy atom. The van der Waals surface area contributed by atoms with Gasteiger partial charge in [-0.05, 0) is 19.3 Å². The molecule has 0 aromatic heterocycles. The molecule has 0 saturated heterocycles. The van der Waals surface area contributed by atoms with E-state index in [4.69, 9.17) is 15.6 Å². The monoisotopic (exact) mass is 271 g/mol. The summed E-state index contributed by atoms with van der Waals surface area (Å²) in [4.78, 5) is 22.3. The third-order valence-corrected chi connectivity index (χ3v) is 5.04. The molecular formula is C13H18FNO4. The van der Waals surface area contributed by atoms with Gasteiger partial charge in [0.1, 0.15) is 11.8 Å². The zero-order valence-electron chi connectivity index (χ0n) is 10.5. The number of aliphatic carboxylic acids is 1. The topological polar surface area (TPSA) is 89.6 Å². The van der Waals surface area contributed by atoms with Crippen LogP contribution in [0.2, 0.25) is 0 Å². The van der Waals surface area contributed by atoms with Crippen LogP contribution in [0, 0.1) is 11.8 Å². The molecular weight excluding hydrogens is 253 g/mol. The average Bonchev–Trinajstić information content (AvgIpc) is 2.73. The fourth-order valence-electron chi connectivity index (χ4n) is 3.95. The first-order valence-electron chi connectivity index (χ1n) is 6.77. The Bertz CT molecular complexity index is 425. The van der Waals surface area contributed by atoms with E-state index in [1.165, 1.54) is 0 Å². The predicted molar refractivity (Wildman–Crippen MR) is 63.2 cm³/mol. The van der Waals surface area contributed by atoms with Crippen LogP contribution in [0.25, 0.3) is 0 Å². The van der Waals surface area contributed by atoms with Crippen LogP contribution in [0.5, 0.6) is 0 Å². The van der Waals surface area contributed by atoms with E-state index in [0.717, 1.165) is 25.7 Å². The molecule has 6 heteroatoms. The Hall–Kier alpha value is -1.01. The number of carbonyl (C=O) groups is 2. The van der Waals surface area contributed by atoms with E-state index in [1.54, 1.807) is 0 Å². The molecule has 3 fully saturated rings. The van der Waals surface area contributed by atoms with Crippen molar-refractivity contribution in [3.8, 4) is 0 Å². The lowest BCUT2D eigenvalue weighted by atomic mass is 9.89. The van der Waals surface area contributed by atoms with E-state index in [9.17, 15) is 14.0 Å². The van der Waals surface area contributed by atoms with Crippen LogP contribution in [-0.4, -0.2) is 40.8 Å². The van der Waals surface area contributed by atoms with Gasteiger partial charge in [-0.3, -0.25) is 0 Å². The highest BCUT2D eigenvalue weighted by Crippen LogP contribution is 2.66. The van der Waals surface area contributed by atoms with Crippen molar-refractivity contribution in [3.63, 3.8) is 0 Å². The highest BCUT2D eigenvalue weighted by atomic mass is 19.1. The van der Waals surface area contributed by atoms with E-state index in [0.29, 0.717) is 6.29 Å².